The van der Waals surface area contributed by atoms with Crippen LogP contribution in [0, 0.1) is 0 Å². The van der Waals surface area contributed by atoms with Crippen molar-refractivity contribution in [3.63, 3.8) is 0 Å². The second kappa shape index (κ2) is 53.4. The minimum atomic E-state index is -0.823. The first-order chi connectivity index (χ1) is 32.5. The normalized spacial score (nSPS) is 13.1. The van der Waals surface area contributed by atoms with Crippen LogP contribution in [0.15, 0.2) is 122 Å². The van der Waals surface area contributed by atoms with Crippen molar-refractivity contribution >= 4 is 17.9 Å². The summed E-state index contributed by atoms with van der Waals surface area (Å²) in [6.07, 6.45) is 73.5. The fourth-order valence-electron chi connectivity index (χ4n) is 6.81. The third kappa shape index (κ3) is 50.8. The number of hydrogen-bond acceptors (Lipinski definition) is 6. The van der Waals surface area contributed by atoms with E-state index in [2.05, 4.69) is 130 Å². The molecule has 0 aliphatic rings. The molecule has 0 fully saturated rings. The molecule has 1 unspecified atom stereocenters. The average molecular weight is 913 g/mol. The average Bonchev–Trinajstić information content (AvgIpc) is 3.31. The molecular weight excluding hydrogens is 817 g/mol. The fraction of sp³-hybridized carbons (Fsp3) is 0.617. The van der Waals surface area contributed by atoms with Gasteiger partial charge < -0.3 is 14.2 Å². The number of carbonyl (C=O) groups excluding carboxylic acids is 3. The first-order valence-corrected chi connectivity index (χ1v) is 26.5. The van der Waals surface area contributed by atoms with Gasteiger partial charge in [-0.05, 0) is 96.3 Å². The summed E-state index contributed by atoms with van der Waals surface area (Å²) in [4.78, 5) is 37.9. The molecule has 0 bridgehead atoms. The van der Waals surface area contributed by atoms with E-state index in [4.69, 9.17) is 14.2 Å². The van der Waals surface area contributed by atoms with Gasteiger partial charge in [0.05, 0.1) is 0 Å². The maximum atomic E-state index is 12.7. The Morgan fingerprint density at radius 2 is 0.621 bits per heavy atom. The van der Waals surface area contributed by atoms with Crippen LogP contribution in [0.4, 0.5) is 0 Å². The molecule has 1 atom stereocenters. The van der Waals surface area contributed by atoms with Gasteiger partial charge in [-0.1, -0.05) is 226 Å². The highest BCUT2D eigenvalue weighted by Gasteiger charge is 2.19. The van der Waals surface area contributed by atoms with Crippen molar-refractivity contribution in [1.82, 2.24) is 0 Å². The highest BCUT2D eigenvalue weighted by Crippen LogP contribution is 2.13. The summed E-state index contributed by atoms with van der Waals surface area (Å²) in [5.41, 5.74) is 0. The number of unbranched alkanes of at least 4 members (excludes halogenated alkanes) is 15. The van der Waals surface area contributed by atoms with E-state index < -0.39 is 12.1 Å². The van der Waals surface area contributed by atoms with Gasteiger partial charge in [0.2, 0.25) is 0 Å². The van der Waals surface area contributed by atoms with Crippen LogP contribution >= 0.6 is 0 Å². The lowest BCUT2D eigenvalue weighted by Gasteiger charge is -2.18. The maximum absolute atomic E-state index is 12.7. The molecule has 0 aromatic heterocycles. The Hall–Kier alpha value is -4.19. The van der Waals surface area contributed by atoms with Crippen molar-refractivity contribution < 1.29 is 28.6 Å². The molecule has 6 nitrogen and oxygen atoms in total. The van der Waals surface area contributed by atoms with Gasteiger partial charge in [0, 0.05) is 19.3 Å². The zero-order valence-corrected chi connectivity index (χ0v) is 42.4. The van der Waals surface area contributed by atoms with Gasteiger partial charge in [0.25, 0.3) is 0 Å². The summed E-state index contributed by atoms with van der Waals surface area (Å²) < 4.78 is 16.7. The van der Waals surface area contributed by atoms with Crippen LogP contribution in [0.25, 0.3) is 0 Å². The van der Waals surface area contributed by atoms with Crippen molar-refractivity contribution in [2.75, 3.05) is 13.2 Å². The highest BCUT2D eigenvalue weighted by molar-refractivity contribution is 5.71. The van der Waals surface area contributed by atoms with E-state index >= 15 is 0 Å². The minimum Gasteiger partial charge on any atom is -0.462 e. The molecule has 0 N–H and O–H groups in total. The fourth-order valence-corrected chi connectivity index (χ4v) is 6.81. The molecule has 6 heteroatoms. The first-order valence-electron chi connectivity index (χ1n) is 26.5. The van der Waals surface area contributed by atoms with Crippen LogP contribution < -0.4 is 0 Å². The number of ether oxygens (including phenoxy) is 3. The molecule has 0 aliphatic heterocycles. The second-order valence-corrected chi connectivity index (χ2v) is 17.0. The maximum Gasteiger partial charge on any atom is 0.306 e. The molecule has 372 valence electrons. The van der Waals surface area contributed by atoms with Gasteiger partial charge in [-0.3, -0.25) is 14.4 Å². The summed E-state index contributed by atoms with van der Waals surface area (Å²) in [5, 5.41) is 0. The third-order valence-electron chi connectivity index (χ3n) is 10.7. The quantitative estimate of drug-likeness (QED) is 0.0262. The van der Waals surface area contributed by atoms with E-state index in [0.29, 0.717) is 19.3 Å². The van der Waals surface area contributed by atoms with E-state index in [-0.39, 0.29) is 31.6 Å². The molecular formula is C60H96O6. The summed E-state index contributed by atoms with van der Waals surface area (Å²) in [7, 11) is 0. The van der Waals surface area contributed by atoms with Crippen LogP contribution in [-0.2, 0) is 28.6 Å². The van der Waals surface area contributed by atoms with Crippen LogP contribution in [0.5, 0.6) is 0 Å². The molecule has 0 spiro atoms. The van der Waals surface area contributed by atoms with Crippen LogP contribution in [0.3, 0.4) is 0 Å². The Balaban J connectivity index is 4.38. The monoisotopic (exact) mass is 913 g/mol. The molecule has 0 amide bonds. The smallest absolute Gasteiger partial charge is 0.306 e. The van der Waals surface area contributed by atoms with Crippen LogP contribution in [0.2, 0.25) is 0 Å². The predicted octanol–water partition coefficient (Wildman–Crippen LogP) is 17.7. The molecule has 0 aromatic carbocycles. The van der Waals surface area contributed by atoms with Crippen LogP contribution in [-0.4, -0.2) is 37.2 Å². The lowest BCUT2D eigenvalue weighted by molar-refractivity contribution is -0.166. The van der Waals surface area contributed by atoms with E-state index in [1.807, 2.05) is 12.2 Å². The Morgan fingerprint density at radius 3 is 0.985 bits per heavy atom. The Labute approximate surface area is 405 Å². The van der Waals surface area contributed by atoms with Gasteiger partial charge in [-0.2, -0.15) is 0 Å². The van der Waals surface area contributed by atoms with Gasteiger partial charge in [-0.15, -0.1) is 0 Å². The summed E-state index contributed by atoms with van der Waals surface area (Å²) >= 11 is 0. The van der Waals surface area contributed by atoms with Crippen molar-refractivity contribution in [1.29, 1.82) is 0 Å². The zero-order chi connectivity index (χ0) is 47.9. The summed E-state index contributed by atoms with van der Waals surface area (Å²) in [5.74, 6) is -1.02. The summed E-state index contributed by atoms with van der Waals surface area (Å²) in [6, 6.07) is 0. The number of esters is 3. The predicted molar refractivity (Wildman–Crippen MR) is 283 cm³/mol. The van der Waals surface area contributed by atoms with E-state index in [1.54, 1.807) is 0 Å². The van der Waals surface area contributed by atoms with Crippen molar-refractivity contribution in [2.24, 2.45) is 0 Å². The van der Waals surface area contributed by atoms with Gasteiger partial charge >= 0.3 is 17.9 Å². The lowest BCUT2D eigenvalue weighted by Crippen LogP contribution is -2.30. The molecule has 0 saturated heterocycles. The van der Waals surface area contributed by atoms with Crippen LogP contribution in [0.1, 0.15) is 220 Å². The highest BCUT2D eigenvalue weighted by atomic mass is 16.6. The molecule has 0 radical (unpaired) electrons. The zero-order valence-electron chi connectivity index (χ0n) is 42.4. The van der Waals surface area contributed by atoms with Crippen molar-refractivity contribution in [3.8, 4) is 0 Å². The van der Waals surface area contributed by atoms with E-state index in [9.17, 15) is 14.4 Å². The number of carbonyl (C=O) groups is 3. The Kier molecular flexibility index (Phi) is 50.0. The minimum absolute atomic E-state index is 0.113. The largest absolute Gasteiger partial charge is 0.462 e. The SMILES string of the molecule is CC/C=C\C/C=C\C/C=C\C/C=C\C/C=C\C/C=C\CCCCCCCCC(=O)OCC(COC(=O)CCCCCCCCCCCC)OC(=O)CC/C=C\C/C=C\C/C=C\C/C=C\CC. The molecule has 0 rings (SSSR count). The van der Waals surface area contributed by atoms with Gasteiger partial charge in [-0.25, -0.2) is 0 Å². The molecule has 0 aromatic rings. The van der Waals surface area contributed by atoms with E-state index in [1.165, 1.54) is 57.8 Å². The van der Waals surface area contributed by atoms with Crippen molar-refractivity contribution in [3.05, 3.63) is 122 Å². The molecule has 0 heterocycles. The first kappa shape index (κ1) is 61.8. The van der Waals surface area contributed by atoms with Gasteiger partial charge in [0.15, 0.2) is 6.10 Å². The molecule has 66 heavy (non-hydrogen) atoms. The van der Waals surface area contributed by atoms with Crippen molar-refractivity contribution in [2.45, 2.75) is 226 Å². The van der Waals surface area contributed by atoms with Gasteiger partial charge in [0.1, 0.15) is 13.2 Å². The molecule has 0 saturated carbocycles. The topological polar surface area (TPSA) is 78.9 Å². The number of allylic oxidation sites excluding steroid dienone is 20. The van der Waals surface area contributed by atoms with E-state index in [0.717, 1.165) is 116 Å². The standard InChI is InChI=1S/C60H96O6/c1-4-7-10-13-16-19-22-24-25-26-27-28-29-30-31-32-33-34-35-37-38-41-44-47-50-53-59(62)65-56-57(55-64-58(61)52-49-46-43-40-21-18-15-12-9-6-3)66-60(63)54-51-48-45-42-39-36-23-20-17-14-11-8-5-2/h7-8,10-11,16-17,19-20,24-25,27-28,30-31,33-34,36,39,45,48,57H,4-6,9,12-15,18,21-23,26,29,32,35,37-38,40-44,46-47,49-56H2,1-3H3/b10-7-,11-8-,19-16-,20-17-,25-24-,28-27-,31-30-,34-33-,39-36-,48-45-. The lowest BCUT2D eigenvalue weighted by atomic mass is 10.1. The number of rotatable bonds is 46. The second-order valence-electron chi connectivity index (χ2n) is 17.0. The summed E-state index contributed by atoms with van der Waals surface area (Å²) in [6.45, 7) is 6.30. The third-order valence-corrected chi connectivity index (χ3v) is 10.7. The Bertz CT molecular complexity index is 1420. The Morgan fingerprint density at radius 1 is 0.318 bits per heavy atom. The number of hydrogen-bond donors (Lipinski definition) is 0. The molecule has 0 aliphatic carbocycles.